The van der Waals surface area contributed by atoms with Crippen molar-refractivity contribution in [3.05, 3.63) is 59.2 Å². The number of hydrogen-bond donors (Lipinski definition) is 1. The number of rotatable bonds is 3. The van der Waals surface area contributed by atoms with E-state index in [4.69, 9.17) is 15.9 Å². The summed E-state index contributed by atoms with van der Waals surface area (Å²) in [5, 5.41) is 3.75. The zero-order chi connectivity index (χ0) is 17.2. The maximum Gasteiger partial charge on any atom is 0.148 e. The number of aryl methyl sites for hydroxylation is 1. The van der Waals surface area contributed by atoms with Gasteiger partial charge in [-0.05, 0) is 43.5 Å². The number of anilines is 1. The minimum Gasteiger partial charge on any atom is -0.481 e. The summed E-state index contributed by atoms with van der Waals surface area (Å²) in [6, 6.07) is 15.1. The first-order valence-corrected chi connectivity index (χ1v) is 8.91. The van der Waals surface area contributed by atoms with Crippen LogP contribution in [-0.4, -0.2) is 13.2 Å². The Bertz CT molecular complexity index is 791. The van der Waals surface area contributed by atoms with Gasteiger partial charge in [-0.25, -0.2) is 0 Å². The summed E-state index contributed by atoms with van der Waals surface area (Å²) in [6.07, 6.45) is 7.71. The number of ether oxygens (including phenoxy) is 2. The topological polar surface area (TPSA) is 30.5 Å². The molecular weight excluding hydrogens is 310 g/mol. The van der Waals surface area contributed by atoms with Crippen LogP contribution in [-0.2, 0) is 4.74 Å². The molecule has 25 heavy (non-hydrogen) atoms. The highest BCUT2D eigenvalue weighted by molar-refractivity contribution is 5.58. The second-order valence-corrected chi connectivity index (χ2v) is 6.87. The lowest BCUT2D eigenvalue weighted by atomic mass is 9.77. The third-order valence-corrected chi connectivity index (χ3v) is 5.18. The molecule has 0 bridgehead atoms. The fraction of sp³-hybridized carbons (Fsp3) is 0.364. The summed E-state index contributed by atoms with van der Waals surface area (Å²) in [6.45, 7) is 3.28. The Kier molecular flexibility index (Phi) is 4.38. The Hall–Kier alpha value is -2.44. The van der Waals surface area contributed by atoms with Gasteiger partial charge in [0.25, 0.3) is 0 Å². The van der Waals surface area contributed by atoms with Crippen LogP contribution < -0.4 is 10.1 Å². The molecule has 0 spiro atoms. The summed E-state index contributed by atoms with van der Waals surface area (Å²) < 4.78 is 11.7. The summed E-state index contributed by atoms with van der Waals surface area (Å²) in [5.41, 5.74) is 5.03. The van der Waals surface area contributed by atoms with Gasteiger partial charge in [0, 0.05) is 23.8 Å². The van der Waals surface area contributed by atoms with E-state index in [0.717, 1.165) is 18.8 Å². The van der Waals surface area contributed by atoms with Gasteiger partial charge in [0.05, 0.1) is 12.1 Å². The van der Waals surface area contributed by atoms with Crippen LogP contribution in [0.25, 0.3) is 0 Å². The van der Waals surface area contributed by atoms with Gasteiger partial charge in [-0.15, -0.1) is 6.42 Å². The number of nitrogens with one attached hydrogen (secondary N) is 1. The standard InChI is InChI=1S/C22H23NO2/c1-3-12-24-17-9-7-16(8-10-17)21-18-5-4-13-25-22(18)19-14-15(2)6-11-20(19)23-21/h1,6-11,14,18,21-23H,4-5,12-13H2,2H3/t18-,21-,22-/m0/s1. The van der Waals surface area contributed by atoms with Crippen molar-refractivity contribution in [1.82, 2.24) is 0 Å². The first-order chi connectivity index (χ1) is 12.3. The molecule has 0 unspecified atom stereocenters. The van der Waals surface area contributed by atoms with Gasteiger partial charge in [0.2, 0.25) is 0 Å². The van der Waals surface area contributed by atoms with E-state index >= 15 is 0 Å². The maximum atomic E-state index is 6.21. The van der Waals surface area contributed by atoms with Crippen molar-refractivity contribution in [2.24, 2.45) is 5.92 Å². The molecule has 4 rings (SSSR count). The molecule has 3 nitrogen and oxygen atoms in total. The van der Waals surface area contributed by atoms with Crippen molar-refractivity contribution in [3.63, 3.8) is 0 Å². The molecule has 0 radical (unpaired) electrons. The van der Waals surface area contributed by atoms with Gasteiger partial charge in [0.15, 0.2) is 0 Å². The van der Waals surface area contributed by atoms with Crippen LogP contribution in [0, 0.1) is 25.2 Å². The Morgan fingerprint density at radius 3 is 2.88 bits per heavy atom. The van der Waals surface area contributed by atoms with E-state index in [9.17, 15) is 0 Å². The van der Waals surface area contributed by atoms with Gasteiger partial charge in [-0.1, -0.05) is 35.7 Å². The minimum atomic E-state index is 0.173. The van der Waals surface area contributed by atoms with E-state index in [1.54, 1.807) is 0 Å². The van der Waals surface area contributed by atoms with Gasteiger partial charge in [-0.3, -0.25) is 0 Å². The van der Waals surface area contributed by atoms with E-state index < -0.39 is 0 Å². The molecular formula is C22H23NO2. The lowest BCUT2D eigenvalue weighted by molar-refractivity contribution is -0.0381. The molecule has 1 fully saturated rings. The van der Waals surface area contributed by atoms with Gasteiger partial charge in [0.1, 0.15) is 12.4 Å². The average molecular weight is 333 g/mol. The van der Waals surface area contributed by atoms with E-state index in [1.165, 1.54) is 28.8 Å². The molecule has 1 N–H and O–H groups in total. The summed E-state index contributed by atoms with van der Waals surface area (Å²) in [5.74, 6) is 3.75. The molecule has 2 heterocycles. The Labute approximate surface area is 149 Å². The smallest absolute Gasteiger partial charge is 0.148 e. The second-order valence-electron chi connectivity index (χ2n) is 6.87. The molecule has 2 aliphatic rings. The predicted octanol–water partition coefficient (Wildman–Crippen LogP) is 4.64. The van der Waals surface area contributed by atoms with Crippen molar-refractivity contribution in [3.8, 4) is 18.1 Å². The molecule has 2 aliphatic heterocycles. The lowest BCUT2D eigenvalue weighted by Gasteiger charge is -2.43. The number of fused-ring (bicyclic) bond motifs is 3. The molecule has 0 saturated carbocycles. The fourth-order valence-corrected chi connectivity index (χ4v) is 4.02. The number of benzene rings is 2. The van der Waals surface area contributed by atoms with Crippen molar-refractivity contribution in [1.29, 1.82) is 0 Å². The van der Waals surface area contributed by atoms with Crippen LogP contribution in [0.4, 0.5) is 5.69 Å². The Morgan fingerprint density at radius 2 is 2.08 bits per heavy atom. The first kappa shape index (κ1) is 16.1. The van der Waals surface area contributed by atoms with Crippen LogP contribution in [0.3, 0.4) is 0 Å². The van der Waals surface area contributed by atoms with Crippen molar-refractivity contribution >= 4 is 5.69 Å². The fourth-order valence-electron chi connectivity index (χ4n) is 4.02. The molecule has 3 atom stereocenters. The van der Waals surface area contributed by atoms with Crippen LogP contribution in [0.1, 0.15) is 41.7 Å². The van der Waals surface area contributed by atoms with E-state index in [-0.39, 0.29) is 12.1 Å². The average Bonchev–Trinajstić information content (AvgIpc) is 2.66. The van der Waals surface area contributed by atoms with Crippen molar-refractivity contribution in [2.75, 3.05) is 18.5 Å². The monoisotopic (exact) mass is 333 g/mol. The Balaban J connectivity index is 1.65. The summed E-state index contributed by atoms with van der Waals surface area (Å²) in [7, 11) is 0. The highest BCUT2D eigenvalue weighted by Gasteiger charge is 2.39. The molecule has 3 heteroatoms. The zero-order valence-electron chi connectivity index (χ0n) is 14.5. The molecule has 0 aliphatic carbocycles. The molecule has 2 aromatic carbocycles. The SMILES string of the molecule is C#CCOc1ccc([C@@H]2Nc3ccc(C)cc3[C@H]3OCCC[C@H]32)cc1. The van der Waals surface area contributed by atoms with Gasteiger partial charge < -0.3 is 14.8 Å². The minimum absolute atomic E-state index is 0.173. The van der Waals surface area contributed by atoms with Crippen molar-refractivity contribution in [2.45, 2.75) is 31.9 Å². The lowest BCUT2D eigenvalue weighted by Crippen LogP contribution is -2.36. The number of terminal acetylenes is 1. The summed E-state index contributed by atoms with van der Waals surface area (Å²) >= 11 is 0. The van der Waals surface area contributed by atoms with Crippen LogP contribution in [0.5, 0.6) is 5.75 Å². The predicted molar refractivity (Wildman–Crippen MR) is 99.7 cm³/mol. The quantitative estimate of drug-likeness (QED) is 0.830. The van der Waals surface area contributed by atoms with Crippen LogP contribution in [0.2, 0.25) is 0 Å². The molecule has 2 aromatic rings. The normalized spacial score (nSPS) is 24.4. The molecule has 128 valence electrons. The van der Waals surface area contributed by atoms with Crippen LogP contribution in [0.15, 0.2) is 42.5 Å². The highest BCUT2D eigenvalue weighted by atomic mass is 16.5. The third kappa shape index (κ3) is 3.10. The molecule has 1 saturated heterocycles. The van der Waals surface area contributed by atoms with E-state index in [0.29, 0.717) is 12.5 Å². The van der Waals surface area contributed by atoms with Crippen molar-refractivity contribution < 1.29 is 9.47 Å². The number of hydrogen-bond acceptors (Lipinski definition) is 3. The largest absolute Gasteiger partial charge is 0.481 e. The zero-order valence-corrected chi connectivity index (χ0v) is 14.5. The Morgan fingerprint density at radius 1 is 1.24 bits per heavy atom. The third-order valence-electron chi connectivity index (χ3n) is 5.18. The molecule has 0 amide bonds. The van der Waals surface area contributed by atoms with E-state index in [1.807, 2.05) is 12.1 Å². The van der Waals surface area contributed by atoms with E-state index in [2.05, 4.69) is 48.5 Å². The summed E-state index contributed by atoms with van der Waals surface area (Å²) in [4.78, 5) is 0. The van der Waals surface area contributed by atoms with Crippen LogP contribution >= 0.6 is 0 Å². The second kappa shape index (κ2) is 6.82. The molecule has 0 aromatic heterocycles. The maximum absolute atomic E-state index is 6.21. The van der Waals surface area contributed by atoms with Gasteiger partial charge in [-0.2, -0.15) is 0 Å². The van der Waals surface area contributed by atoms with Gasteiger partial charge >= 0.3 is 0 Å². The first-order valence-electron chi connectivity index (χ1n) is 8.91. The highest BCUT2D eigenvalue weighted by Crippen LogP contribution is 2.49.